The number of aromatic nitrogens is 3. The Balaban J connectivity index is 1.59. The largest absolute Gasteiger partial charge is 0.354 e. The quantitative estimate of drug-likeness (QED) is 0.692. The van der Waals surface area contributed by atoms with E-state index >= 15 is 0 Å². The molecule has 0 fully saturated rings. The lowest BCUT2D eigenvalue weighted by molar-refractivity contribution is -0.121. The Morgan fingerprint density at radius 2 is 2.04 bits per heavy atom. The molecule has 0 radical (unpaired) electrons. The Morgan fingerprint density at radius 1 is 1.28 bits per heavy atom. The third-order valence-electron chi connectivity index (χ3n) is 3.97. The van der Waals surface area contributed by atoms with Crippen molar-refractivity contribution in [2.75, 3.05) is 6.54 Å². The SMILES string of the molecule is Cc1ncsc1CCC(=O)NCCn1[nH]c(=O)c2ccccc2c1=O. The number of carbonyl (C=O) groups excluding carboxylic acids is 1. The van der Waals surface area contributed by atoms with E-state index in [0.29, 0.717) is 23.6 Å². The Bertz CT molecular complexity index is 1020. The maximum atomic E-state index is 12.3. The molecule has 0 atom stereocenters. The summed E-state index contributed by atoms with van der Waals surface area (Å²) >= 11 is 1.54. The molecule has 1 aromatic carbocycles. The summed E-state index contributed by atoms with van der Waals surface area (Å²) in [6.07, 6.45) is 1.02. The van der Waals surface area contributed by atoms with Crippen LogP contribution in [0.2, 0.25) is 0 Å². The number of hydrogen-bond acceptors (Lipinski definition) is 5. The molecule has 0 saturated heterocycles. The number of rotatable bonds is 6. The molecule has 7 nitrogen and oxygen atoms in total. The van der Waals surface area contributed by atoms with E-state index in [0.717, 1.165) is 10.6 Å². The van der Waals surface area contributed by atoms with Crippen LogP contribution in [0.3, 0.4) is 0 Å². The van der Waals surface area contributed by atoms with E-state index in [2.05, 4.69) is 15.4 Å². The standard InChI is InChI=1S/C17H18N4O3S/c1-11-14(25-10-19-11)6-7-15(22)18-8-9-21-17(24)13-5-3-2-4-12(13)16(23)20-21/h2-5,10H,6-9H2,1H3,(H,18,22)(H,20,23). The van der Waals surface area contributed by atoms with Gasteiger partial charge < -0.3 is 5.32 Å². The fourth-order valence-corrected chi connectivity index (χ4v) is 3.37. The smallest absolute Gasteiger partial charge is 0.273 e. The first-order valence-electron chi connectivity index (χ1n) is 7.94. The van der Waals surface area contributed by atoms with Crippen LogP contribution >= 0.6 is 11.3 Å². The van der Waals surface area contributed by atoms with Gasteiger partial charge in [0.25, 0.3) is 11.1 Å². The van der Waals surface area contributed by atoms with Crippen LogP contribution in [0.5, 0.6) is 0 Å². The second kappa shape index (κ2) is 7.43. The third kappa shape index (κ3) is 3.85. The molecule has 0 aliphatic heterocycles. The van der Waals surface area contributed by atoms with E-state index in [1.54, 1.807) is 41.1 Å². The summed E-state index contributed by atoms with van der Waals surface area (Å²) in [4.78, 5) is 41.5. The number of H-pyrrole nitrogens is 1. The van der Waals surface area contributed by atoms with Crippen molar-refractivity contribution in [1.29, 1.82) is 0 Å². The lowest BCUT2D eigenvalue weighted by atomic mass is 10.2. The monoisotopic (exact) mass is 358 g/mol. The highest BCUT2D eigenvalue weighted by molar-refractivity contribution is 7.09. The molecule has 0 saturated carbocycles. The summed E-state index contributed by atoms with van der Waals surface area (Å²) in [6.45, 7) is 2.41. The van der Waals surface area contributed by atoms with Crippen molar-refractivity contribution >= 4 is 28.0 Å². The highest BCUT2D eigenvalue weighted by Gasteiger charge is 2.08. The fraction of sp³-hybridized carbons (Fsp3) is 0.294. The van der Waals surface area contributed by atoms with Crippen LogP contribution in [0.1, 0.15) is 17.0 Å². The summed E-state index contributed by atoms with van der Waals surface area (Å²) in [5.41, 5.74) is 2.13. The van der Waals surface area contributed by atoms with Crippen molar-refractivity contribution in [2.45, 2.75) is 26.3 Å². The van der Waals surface area contributed by atoms with Crippen molar-refractivity contribution in [3.63, 3.8) is 0 Å². The van der Waals surface area contributed by atoms with Gasteiger partial charge in [0.2, 0.25) is 5.91 Å². The molecular formula is C17H18N4O3S. The van der Waals surface area contributed by atoms with Gasteiger partial charge in [-0.25, -0.2) is 9.67 Å². The molecular weight excluding hydrogens is 340 g/mol. The lowest BCUT2D eigenvalue weighted by Gasteiger charge is -2.08. The van der Waals surface area contributed by atoms with Crippen molar-refractivity contribution in [3.8, 4) is 0 Å². The van der Waals surface area contributed by atoms with Gasteiger partial charge >= 0.3 is 0 Å². The van der Waals surface area contributed by atoms with Crippen LogP contribution in [-0.2, 0) is 17.8 Å². The molecule has 2 N–H and O–H groups in total. The predicted molar refractivity (Wildman–Crippen MR) is 97.0 cm³/mol. The molecule has 0 unspecified atom stereocenters. The normalized spacial score (nSPS) is 10.9. The van der Waals surface area contributed by atoms with Crippen LogP contribution in [0.15, 0.2) is 39.4 Å². The Labute approximate surface area is 147 Å². The number of nitrogens with one attached hydrogen (secondary N) is 2. The van der Waals surface area contributed by atoms with Crippen molar-refractivity contribution in [3.05, 3.63) is 61.1 Å². The van der Waals surface area contributed by atoms with Crippen LogP contribution in [0.25, 0.3) is 10.8 Å². The van der Waals surface area contributed by atoms with Gasteiger partial charge in [-0.15, -0.1) is 11.3 Å². The maximum absolute atomic E-state index is 12.3. The van der Waals surface area contributed by atoms with Crippen LogP contribution in [0, 0.1) is 6.92 Å². The van der Waals surface area contributed by atoms with Gasteiger partial charge in [-0.1, -0.05) is 12.1 Å². The van der Waals surface area contributed by atoms with Crippen molar-refractivity contribution in [2.24, 2.45) is 0 Å². The zero-order chi connectivity index (χ0) is 17.8. The third-order valence-corrected chi connectivity index (χ3v) is 4.96. The first kappa shape index (κ1) is 17.1. The van der Waals surface area contributed by atoms with Crippen LogP contribution < -0.4 is 16.4 Å². The molecule has 0 bridgehead atoms. The average Bonchev–Trinajstić information content (AvgIpc) is 3.02. The van der Waals surface area contributed by atoms with Crippen molar-refractivity contribution in [1.82, 2.24) is 20.1 Å². The van der Waals surface area contributed by atoms with E-state index in [1.165, 1.54) is 4.68 Å². The molecule has 0 aliphatic rings. The van der Waals surface area contributed by atoms with E-state index < -0.39 is 0 Å². The number of hydrogen-bond donors (Lipinski definition) is 2. The van der Waals surface area contributed by atoms with E-state index in [9.17, 15) is 14.4 Å². The van der Waals surface area contributed by atoms with Gasteiger partial charge in [-0.3, -0.25) is 19.5 Å². The molecule has 3 aromatic rings. The van der Waals surface area contributed by atoms with Gasteiger partial charge in [0.05, 0.1) is 28.5 Å². The molecule has 2 heterocycles. The highest BCUT2D eigenvalue weighted by atomic mass is 32.1. The summed E-state index contributed by atoms with van der Waals surface area (Å²) in [5.74, 6) is -0.0935. The first-order chi connectivity index (χ1) is 12.1. The zero-order valence-corrected chi connectivity index (χ0v) is 14.6. The van der Waals surface area contributed by atoms with Crippen LogP contribution in [0.4, 0.5) is 0 Å². The second-order valence-corrected chi connectivity index (χ2v) is 6.59. The minimum atomic E-state index is -0.317. The topological polar surface area (TPSA) is 96.8 Å². The number of carbonyl (C=O) groups is 1. The predicted octanol–water partition coefficient (Wildman–Crippen LogP) is 1.20. The van der Waals surface area contributed by atoms with Gasteiger partial charge in [0.1, 0.15) is 0 Å². The van der Waals surface area contributed by atoms with Gasteiger partial charge in [-0.2, -0.15) is 0 Å². The van der Waals surface area contributed by atoms with E-state index in [-0.39, 0.29) is 30.1 Å². The summed E-state index contributed by atoms with van der Waals surface area (Å²) in [7, 11) is 0. The Hall–Kier alpha value is -2.74. The highest BCUT2D eigenvalue weighted by Crippen LogP contribution is 2.13. The molecule has 8 heteroatoms. The average molecular weight is 358 g/mol. The minimum Gasteiger partial charge on any atom is -0.354 e. The Morgan fingerprint density at radius 3 is 2.76 bits per heavy atom. The number of thiazole rings is 1. The zero-order valence-electron chi connectivity index (χ0n) is 13.7. The van der Waals surface area contributed by atoms with Gasteiger partial charge in [0, 0.05) is 17.8 Å². The van der Waals surface area contributed by atoms with Crippen LogP contribution in [-0.4, -0.2) is 27.2 Å². The second-order valence-electron chi connectivity index (χ2n) is 5.65. The molecule has 25 heavy (non-hydrogen) atoms. The summed E-state index contributed by atoms with van der Waals surface area (Å²) < 4.78 is 1.23. The van der Waals surface area contributed by atoms with Gasteiger partial charge in [0.15, 0.2) is 0 Å². The molecule has 2 aromatic heterocycles. The number of amides is 1. The van der Waals surface area contributed by atoms with E-state index in [1.807, 2.05) is 6.92 Å². The van der Waals surface area contributed by atoms with Gasteiger partial charge in [-0.05, 0) is 25.5 Å². The number of benzene rings is 1. The molecule has 3 rings (SSSR count). The summed E-state index contributed by atoms with van der Waals surface area (Å²) in [6, 6.07) is 6.67. The molecule has 0 spiro atoms. The van der Waals surface area contributed by atoms with E-state index in [4.69, 9.17) is 0 Å². The molecule has 0 aliphatic carbocycles. The number of nitrogens with zero attached hydrogens (tertiary/aromatic N) is 2. The van der Waals surface area contributed by atoms with Crippen molar-refractivity contribution < 1.29 is 4.79 Å². The number of aryl methyl sites for hydroxylation is 2. The first-order valence-corrected chi connectivity index (χ1v) is 8.82. The minimum absolute atomic E-state index is 0.0935. The number of aromatic amines is 1. The fourth-order valence-electron chi connectivity index (χ4n) is 2.59. The number of fused-ring (bicyclic) bond motifs is 1. The molecule has 130 valence electrons. The Kier molecular flexibility index (Phi) is 5.08. The molecule has 1 amide bonds. The summed E-state index contributed by atoms with van der Waals surface area (Å²) in [5, 5.41) is 6.06. The lowest BCUT2D eigenvalue weighted by Crippen LogP contribution is -2.35. The maximum Gasteiger partial charge on any atom is 0.273 e.